The summed E-state index contributed by atoms with van der Waals surface area (Å²) in [5.41, 5.74) is 7.59. The number of hydrogen-bond acceptors (Lipinski definition) is 2. The first kappa shape index (κ1) is 13.4. The van der Waals surface area contributed by atoms with Crippen LogP contribution in [0, 0.1) is 6.92 Å². The molecule has 0 aliphatic carbocycles. The first-order chi connectivity index (χ1) is 8.60. The lowest BCUT2D eigenvalue weighted by Crippen LogP contribution is -1.97. The fraction of sp³-hybridized carbons (Fsp3) is 0.143. The van der Waals surface area contributed by atoms with E-state index >= 15 is 0 Å². The van der Waals surface area contributed by atoms with E-state index in [0.29, 0.717) is 17.3 Å². The molecule has 94 valence electrons. The molecule has 0 unspecified atom stereocenters. The lowest BCUT2D eigenvalue weighted by atomic mass is 10.2. The van der Waals surface area contributed by atoms with Crippen LogP contribution in [0.25, 0.3) is 0 Å². The molecule has 0 atom stereocenters. The number of benzene rings is 2. The second-order valence-corrected chi connectivity index (χ2v) is 5.23. The van der Waals surface area contributed by atoms with Crippen molar-refractivity contribution in [1.29, 1.82) is 0 Å². The van der Waals surface area contributed by atoms with E-state index in [-0.39, 0.29) is 0 Å². The number of rotatable bonds is 3. The normalized spacial score (nSPS) is 10.4. The molecule has 0 aromatic heterocycles. The zero-order chi connectivity index (χ0) is 13.1. The Kier molecular flexibility index (Phi) is 4.27. The summed E-state index contributed by atoms with van der Waals surface area (Å²) in [6.45, 7) is 2.44. The molecular weight excluding hydrogens is 314 g/mol. The molecule has 0 amide bonds. The van der Waals surface area contributed by atoms with Gasteiger partial charge < -0.3 is 10.5 Å². The molecule has 2 aromatic carbocycles. The Balaban J connectivity index is 2.23. The van der Waals surface area contributed by atoms with Gasteiger partial charge >= 0.3 is 0 Å². The van der Waals surface area contributed by atoms with Crippen molar-refractivity contribution in [2.75, 3.05) is 0 Å². The largest absolute Gasteiger partial charge is 0.457 e. The van der Waals surface area contributed by atoms with Crippen molar-refractivity contribution in [3.63, 3.8) is 0 Å². The smallest absolute Gasteiger partial charge is 0.128 e. The third-order valence-corrected chi connectivity index (χ3v) is 3.85. The van der Waals surface area contributed by atoms with E-state index in [4.69, 9.17) is 22.1 Å². The number of hydrogen-bond donors (Lipinski definition) is 1. The summed E-state index contributed by atoms with van der Waals surface area (Å²) >= 11 is 9.54. The van der Waals surface area contributed by atoms with E-state index in [2.05, 4.69) is 15.9 Å². The van der Waals surface area contributed by atoms with Crippen molar-refractivity contribution in [2.24, 2.45) is 5.73 Å². The average molecular weight is 327 g/mol. The van der Waals surface area contributed by atoms with Gasteiger partial charge in [0.2, 0.25) is 0 Å². The Bertz CT molecular complexity index is 572. The van der Waals surface area contributed by atoms with Crippen molar-refractivity contribution < 1.29 is 4.74 Å². The van der Waals surface area contributed by atoms with E-state index in [0.717, 1.165) is 21.3 Å². The van der Waals surface area contributed by atoms with Gasteiger partial charge in [-0.25, -0.2) is 0 Å². The molecule has 2 rings (SSSR count). The van der Waals surface area contributed by atoms with Crippen molar-refractivity contribution in [3.8, 4) is 11.5 Å². The van der Waals surface area contributed by atoms with Crippen LogP contribution in [0.5, 0.6) is 11.5 Å². The van der Waals surface area contributed by atoms with Gasteiger partial charge in [-0.15, -0.1) is 0 Å². The molecule has 0 saturated carbocycles. The summed E-state index contributed by atoms with van der Waals surface area (Å²) in [7, 11) is 0. The molecular formula is C14H13BrClNO. The molecule has 0 fully saturated rings. The molecule has 0 aliphatic heterocycles. The van der Waals surface area contributed by atoms with Crippen molar-refractivity contribution in [3.05, 3.63) is 57.0 Å². The van der Waals surface area contributed by atoms with Gasteiger partial charge in [0.15, 0.2) is 0 Å². The second kappa shape index (κ2) is 5.74. The van der Waals surface area contributed by atoms with E-state index in [1.807, 2.05) is 37.3 Å². The fourth-order valence-electron chi connectivity index (χ4n) is 1.57. The molecule has 0 spiro atoms. The second-order valence-electron chi connectivity index (χ2n) is 3.97. The standard InChI is InChI=1S/C14H13BrClNO/c1-9-6-11(4-5-13(9)15)18-12-3-2-10(8-17)14(16)7-12/h2-7H,8,17H2,1H3. The predicted molar refractivity (Wildman–Crippen MR) is 78.3 cm³/mol. The van der Waals surface area contributed by atoms with Crippen LogP contribution in [-0.4, -0.2) is 0 Å². The SMILES string of the molecule is Cc1cc(Oc2ccc(CN)c(Cl)c2)ccc1Br. The number of aryl methyl sites for hydroxylation is 1. The summed E-state index contributed by atoms with van der Waals surface area (Å²) in [5, 5.41) is 0.629. The van der Waals surface area contributed by atoms with Crippen LogP contribution < -0.4 is 10.5 Å². The molecule has 0 saturated heterocycles. The minimum Gasteiger partial charge on any atom is -0.457 e. The highest BCUT2D eigenvalue weighted by atomic mass is 79.9. The average Bonchev–Trinajstić information content (AvgIpc) is 2.34. The zero-order valence-electron chi connectivity index (χ0n) is 9.91. The monoisotopic (exact) mass is 325 g/mol. The lowest BCUT2D eigenvalue weighted by molar-refractivity contribution is 0.482. The Hall–Kier alpha value is -1.03. The quantitative estimate of drug-likeness (QED) is 0.890. The molecule has 0 aliphatic rings. The number of nitrogens with two attached hydrogens (primary N) is 1. The molecule has 2 nitrogen and oxygen atoms in total. The molecule has 0 radical (unpaired) electrons. The van der Waals surface area contributed by atoms with Gasteiger partial charge in [0.05, 0.1) is 0 Å². The summed E-state index contributed by atoms with van der Waals surface area (Å²) < 4.78 is 6.81. The first-order valence-electron chi connectivity index (χ1n) is 5.52. The van der Waals surface area contributed by atoms with Gasteiger partial charge in [-0.05, 0) is 48.4 Å². The lowest BCUT2D eigenvalue weighted by Gasteiger charge is -2.09. The molecule has 4 heteroatoms. The highest BCUT2D eigenvalue weighted by molar-refractivity contribution is 9.10. The van der Waals surface area contributed by atoms with Gasteiger partial charge in [-0.1, -0.05) is 33.6 Å². The minimum absolute atomic E-state index is 0.427. The van der Waals surface area contributed by atoms with E-state index in [1.54, 1.807) is 6.07 Å². The van der Waals surface area contributed by atoms with Gasteiger partial charge in [-0.3, -0.25) is 0 Å². The van der Waals surface area contributed by atoms with Gasteiger partial charge in [0, 0.05) is 16.0 Å². The highest BCUT2D eigenvalue weighted by Gasteiger charge is 2.03. The molecule has 2 N–H and O–H groups in total. The first-order valence-corrected chi connectivity index (χ1v) is 6.70. The van der Waals surface area contributed by atoms with Crippen molar-refractivity contribution in [1.82, 2.24) is 0 Å². The van der Waals surface area contributed by atoms with Crippen LogP contribution in [0.2, 0.25) is 5.02 Å². The summed E-state index contributed by atoms with van der Waals surface area (Å²) in [6, 6.07) is 11.4. The Morgan fingerprint density at radius 3 is 2.44 bits per heavy atom. The minimum atomic E-state index is 0.427. The molecule has 0 heterocycles. The predicted octanol–water partition coefficient (Wildman–Crippen LogP) is 4.66. The van der Waals surface area contributed by atoms with E-state index < -0.39 is 0 Å². The van der Waals surface area contributed by atoms with E-state index in [9.17, 15) is 0 Å². The van der Waals surface area contributed by atoms with Crippen molar-refractivity contribution >= 4 is 27.5 Å². The van der Waals surface area contributed by atoms with Crippen LogP contribution in [0.1, 0.15) is 11.1 Å². The number of halogens is 2. The third-order valence-electron chi connectivity index (χ3n) is 2.61. The zero-order valence-corrected chi connectivity index (χ0v) is 12.3. The Labute approximate surface area is 120 Å². The molecule has 0 bridgehead atoms. The summed E-state index contributed by atoms with van der Waals surface area (Å²) in [5.74, 6) is 1.49. The maximum atomic E-state index is 6.08. The van der Waals surface area contributed by atoms with Crippen LogP contribution in [0.15, 0.2) is 40.9 Å². The van der Waals surface area contributed by atoms with E-state index in [1.165, 1.54) is 0 Å². The van der Waals surface area contributed by atoms with Gasteiger partial charge in [0.1, 0.15) is 11.5 Å². The maximum Gasteiger partial charge on any atom is 0.128 e. The van der Waals surface area contributed by atoms with Crippen molar-refractivity contribution in [2.45, 2.75) is 13.5 Å². The van der Waals surface area contributed by atoms with Crippen LogP contribution >= 0.6 is 27.5 Å². The van der Waals surface area contributed by atoms with Gasteiger partial charge in [0.25, 0.3) is 0 Å². The maximum absolute atomic E-state index is 6.08. The molecule has 2 aromatic rings. The Morgan fingerprint density at radius 2 is 1.83 bits per heavy atom. The van der Waals surface area contributed by atoms with Gasteiger partial charge in [-0.2, -0.15) is 0 Å². The fourth-order valence-corrected chi connectivity index (χ4v) is 2.07. The van der Waals surface area contributed by atoms with Crippen LogP contribution in [0.4, 0.5) is 0 Å². The van der Waals surface area contributed by atoms with Crippen LogP contribution in [0.3, 0.4) is 0 Å². The third kappa shape index (κ3) is 3.05. The molecule has 18 heavy (non-hydrogen) atoms. The summed E-state index contributed by atoms with van der Waals surface area (Å²) in [6.07, 6.45) is 0. The highest BCUT2D eigenvalue weighted by Crippen LogP contribution is 2.29. The summed E-state index contributed by atoms with van der Waals surface area (Å²) in [4.78, 5) is 0. The van der Waals surface area contributed by atoms with Crippen LogP contribution in [-0.2, 0) is 6.54 Å². The topological polar surface area (TPSA) is 35.2 Å². The number of ether oxygens (including phenoxy) is 1. The Morgan fingerprint density at radius 1 is 1.17 bits per heavy atom.